The number of nitrogens with one attached hydrogen (secondary N) is 1. The van der Waals surface area contributed by atoms with Crippen LogP contribution >= 0.6 is 22.7 Å². The van der Waals surface area contributed by atoms with Gasteiger partial charge in [0, 0.05) is 19.5 Å². The van der Waals surface area contributed by atoms with Crippen molar-refractivity contribution in [3.8, 4) is 10.6 Å². The Labute approximate surface area is 96.0 Å². The molecule has 80 valence electrons. The molecule has 2 aromatic rings. The van der Waals surface area contributed by atoms with Gasteiger partial charge in [-0.3, -0.25) is 0 Å². The Balaban J connectivity index is 2.31. The Morgan fingerprint density at radius 3 is 3.00 bits per heavy atom. The van der Waals surface area contributed by atoms with E-state index in [-0.39, 0.29) is 0 Å². The zero-order chi connectivity index (χ0) is 10.7. The second-order valence-electron chi connectivity index (χ2n) is 2.85. The number of hydrogen-bond donors (Lipinski definition) is 1. The molecule has 0 fully saturated rings. The van der Waals surface area contributed by atoms with Crippen LogP contribution in [0.1, 0.15) is 5.69 Å². The van der Waals surface area contributed by atoms with Crippen molar-refractivity contribution in [3.63, 3.8) is 0 Å². The van der Waals surface area contributed by atoms with E-state index in [1.165, 1.54) is 0 Å². The van der Waals surface area contributed by atoms with Gasteiger partial charge in [0.1, 0.15) is 0 Å². The monoisotopic (exact) mass is 241 g/mol. The zero-order valence-electron chi connectivity index (χ0n) is 8.48. The highest BCUT2D eigenvalue weighted by Crippen LogP contribution is 2.30. The van der Waals surface area contributed by atoms with Crippen molar-refractivity contribution < 1.29 is 4.74 Å². The average Bonchev–Trinajstić information content (AvgIpc) is 2.85. The number of thiazole rings is 2. The van der Waals surface area contributed by atoms with Crippen LogP contribution in [0.3, 0.4) is 0 Å². The van der Waals surface area contributed by atoms with Gasteiger partial charge in [0.15, 0.2) is 5.13 Å². The smallest absolute Gasteiger partial charge is 0.182 e. The summed E-state index contributed by atoms with van der Waals surface area (Å²) >= 11 is 3.18. The van der Waals surface area contributed by atoms with Gasteiger partial charge in [0.05, 0.1) is 28.4 Å². The molecule has 0 unspecified atom stereocenters. The van der Waals surface area contributed by atoms with Crippen LogP contribution < -0.4 is 5.32 Å². The van der Waals surface area contributed by atoms with Gasteiger partial charge in [-0.05, 0) is 0 Å². The van der Waals surface area contributed by atoms with E-state index in [0.29, 0.717) is 6.61 Å². The number of methoxy groups -OCH3 is 1. The molecule has 0 spiro atoms. The summed E-state index contributed by atoms with van der Waals surface area (Å²) in [6.45, 7) is 0.533. The number of ether oxygens (including phenoxy) is 1. The van der Waals surface area contributed by atoms with Crippen LogP contribution in [0.4, 0.5) is 5.13 Å². The maximum Gasteiger partial charge on any atom is 0.182 e. The number of anilines is 1. The summed E-state index contributed by atoms with van der Waals surface area (Å²) in [5.74, 6) is 0. The van der Waals surface area contributed by atoms with E-state index in [0.717, 1.165) is 21.4 Å². The summed E-state index contributed by atoms with van der Waals surface area (Å²) in [6, 6.07) is 0. The quantitative estimate of drug-likeness (QED) is 0.893. The normalized spacial score (nSPS) is 10.5. The van der Waals surface area contributed by atoms with Crippen LogP contribution in [0.25, 0.3) is 10.6 Å². The SMILES string of the molecule is CNc1nc(-c2scnc2COC)cs1. The molecule has 0 amide bonds. The molecule has 0 saturated carbocycles. The molecule has 2 rings (SSSR count). The lowest BCUT2D eigenvalue weighted by Crippen LogP contribution is -1.90. The molecule has 0 saturated heterocycles. The van der Waals surface area contributed by atoms with Crippen molar-refractivity contribution in [1.29, 1.82) is 0 Å². The molecule has 0 radical (unpaired) electrons. The topological polar surface area (TPSA) is 47.0 Å². The number of aromatic nitrogens is 2. The highest BCUT2D eigenvalue weighted by Gasteiger charge is 2.11. The molecule has 0 bridgehead atoms. The maximum atomic E-state index is 5.09. The molecule has 1 N–H and O–H groups in total. The van der Waals surface area contributed by atoms with Gasteiger partial charge < -0.3 is 10.1 Å². The van der Waals surface area contributed by atoms with Crippen LogP contribution in [0.5, 0.6) is 0 Å². The van der Waals surface area contributed by atoms with Crippen LogP contribution in [0.15, 0.2) is 10.9 Å². The summed E-state index contributed by atoms with van der Waals surface area (Å²) < 4.78 is 5.09. The van der Waals surface area contributed by atoms with Gasteiger partial charge in [0.25, 0.3) is 0 Å². The summed E-state index contributed by atoms with van der Waals surface area (Å²) in [5.41, 5.74) is 3.75. The molecular weight excluding hydrogens is 230 g/mol. The zero-order valence-corrected chi connectivity index (χ0v) is 10.1. The molecule has 0 aliphatic rings. The lowest BCUT2D eigenvalue weighted by atomic mass is 10.3. The Bertz CT molecular complexity index is 438. The van der Waals surface area contributed by atoms with Crippen LogP contribution in [0.2, 0.25) is 0 Å². The second kappa shape index (κ2) is 4.69. The summed E-state index contributed by atoms with van der Waals surface area (Å²) in [7, 11) is 3.54. The van der Waals surface area contributed by atoms with Crippen molar-refractivity contribution >= 4 is 27.8 Å². The molecule has 0 aliphatic carbocycles. The lowest BCUT2D eigenvalue weighted by Gasteiger charge is -1.97. The van der Waals surface area contributed by atoms with Gasteiger partial charge in [-0.25, -0.2) is 9.97 Å². The molecule has 0 aromatic carbocycles. The summed E-state index contributed by atoms with van der Waals surface area (Å²) in [5, 5.41) is 5.97. The highest BCUT2D eigenvalue weighted by atomic mass is 32.1. The third-order valence-electron chi connectivity index (χ3n) is 1.87. The first-order valence-electron chi connectivity index (χ1n) is 4.40. The van der Waals surface area contributed by atoms with Crippen LogP contribution in [0, 0.1) is 0 Å². The fourth-order valence-corrected chi connectivity index (χ4v) is 2.71. The van der Waals surface area contributed by atoms with E-state index in [1.807, 2.05) is 17.9 Å². The molecule has 2 heterocycles. The van der Waals surface area contributed by atoms with Crippen molar-refractivity contribution in [3.05, 3.63) is 16.6 Å². The fraction of sp³-hybridized carbons (Fsp3) is 0.333. The minimum Gasteiger partial charge on any atom is -0.378 e. The number of nitrogens with zero attached hydrogens (tertiary/aromatic N) is 2. The first-order chi connectivity index (χ1) is 7.35. The van der Waals surface area contributed by atoms with E-state index < -0.39 is 0 Å². The first kappa shape index (κ1) is 10.5. The molecule has 0 atom stereocenters. The predicted molar refractivity (Wildman–Crippen MR) is 63.5 cm³/mol. The van der Waals surface area contributed by atoms with Crippen molar-refractivity contribution in [1.82, 2.24) is 9.97 Å². The average molecular weight is 241 g/mol. The molecule has 4 nitrogen and oxygen atoms in total. The van der Waals surface area contributed by atoms with Gasteiger partial charge in [-0.1, -0.05) is 0 Å². The maximum absolute atomic E-state index is 5.09. The second-order valence-corrected chi connectivity index (χ2v) is 4.56. The minimum atomic E-state index is 0.533. The Hall–Kier alpha value is -0.980. The lowest BCUT2D eigenvalue weighted by molar-refractivity contribution is 0.182. The van der Waals surface area contributed by atoms with Crippen molar-refractivity contribution in [2.75, 3.05) is 19.5 Å². The van der Waals surface area contributed by atoms with Crippen LogP contribution in [-0.2, 0) is 11.3 Å². The van der Waals surface area contributed by atoms with Gasteiger partial charge in [-0.15, -0.1) is 22.7 Å². The molecule has 6 heteroatoms. The minimum absolute atomic E-state index is 0.533. The van der Waals surface area contributed by atoms with E-state index in [1.54, 1.807) is 29.8 Å². The molecular formula is C9H11N3OS2. The van der Waals surface area contributed by atoms with E-state index in [9.17, 15) is 0 Å². The molecule has 0 aliphatic heterocycles. The summed E-state index contributed by atoms with van der Waals surface area (Å²) in [6.07, 6.45) is 0. The van der Waals surface area contributed by atoms with Gasteiger partial charge in [0.2, 0.25) is 0 Å². The van der Waals surface area contributed by atoms with Gasteiger partial charge in [-0.2, -0.15) is 0 Å². The third kappa shape index (κ3) is 2.17. The molecule has 2 aromatic heterocycles. The number of hydrogen-bond acceptors (Lipinski definition) is 6. The predicted octanol–water partition coefficient (Wildman–Crippen LogP) is 2.45. The summed E-state index contributed by atoms with van der Waals surface area (Å²) in [4.78, 5) is 9.78. The van der Waals surface area contributed by atoms with Crippen molar-refractivity contribution in [2.45, 2.75) is 6.61 Å². The Kier molecular flexibility index (Phi) is 3.30. The Morgan fingerprint density at radius 2 is 2.33 bits per heavy atom. The highest BCUT2D eigenvalue weighted by molar-refractivity contribution is 7.15. The first-order valence-corrected chi connectivity index (χ1v) is 6.16. The third-order valence-corrected chi connectivity index (χ3v) is 3.62. The van der Waals surface area contributed by atoms with E-state index >= 15 is 0 Å². The number of rotatable bonds is 4. The standard InChI is InChI=1S/C9H11N3OS2/c1-10-9-12-7(4-14-9)8-6(3-13-2)11-5-15-8/h4-5H,3H2,1-2H3,(H,10,12). The fourth-order valence-electron chi connectivity index (χ4n) is 1.21. The Morgan fingerprint density at radius 1 is 1.47 bits per heavy atom. The van der Waals surface area contributed by atoms with Crippen molar-refractivity contribution in [2.24, 2.45) is 0 Å². The molecule has 15 heavy (non-hydrogen) atoms. The van der Waals surface area contributed by atoms with E-state index in [4.69, 9.17) is 4.74 Å². The largest absolute Gasteiger partial charge is 0.378 e. The van der Waals surface area contributed by atoms with Gasteiger partial charge >= 0.3 is 0 Å². The van der Waals surface area contributed by atoms with Crippen LogP contribution in [-0.4, -0.2) is 24.1 Å². The van der Waals surface area contributed by atoms with E-state index in [2.05, 4.69) is 15.3 Å².